The third-order valence-corrected chi connectivity index (χ3v) is 4.50. The molecule has 28 heavy (non-hydrogen) atoms. The number of carbonyl (C=O) groups excluding carboxylic acids is 1. The molecule has 0 spiro atoms. The van der Waals surface area contributed by atoms with E-state index < -0.39 is 22.2 Å². The Labute approximate surface area is 161 Å². The van der Waals surface area contributed by atoms with Crippen LogP contribution in [0.5, 0.6) is 5.75 Å². The van der Waals surface area contributed by atoms with Crippen LogP contribution in [0.2, 0.25) is 5.02 Å². The number of halogens is 1. The highest BCUT2D eigenvalue weighted by molar-refractivity contribution is 6.32. The van der Waals surface area contributed by atoms with Gasteiger partial charge in [-0.05, 0) is 35.7 Å². The van der Waals surface area contributed by atoms with Gasteiger partial charge >= 0.3 is 11.6 Å². The van der Waals surface area contributed by atoms with Crippen molar-refractivity contribution in [2.75, 3.05) is 0 Å². The number of benzene rings is 3. The van der Waals surface area contributed by atoms with E-state index in [1.54, 1.807) is 30.3 Å². The van der Waals surface area contributed by atoms with E-state index in [0.29, 0.717) is 10.8 Å². The van der Waals surface area contributed by atoms with Gasteiger partial charge in [0.2, 0.25) is 0 Å². The molecule has 1 heterocycles. The third kappa shape index (κ3) is 3.08. The Morgan fingerprint density at radius 1 is 1.00 bits per heavy atom. The van der Waals surface area contributed by atoms with Crippen molar-refractivity contribution in [1.29, 1.82) is 0 Å². The minimum absolute atomic E-state index is 0.0313. The molecule has 0 atom stereocenters. The van der Waals surface area contributed by atoms with Crippen molar-refractivity contribution in [3.05, 3.63) is 91.8 Å². The van der Waals surface area contributed by atoms with Gasteiger partial charge in [-0.2, -0.15) is 0 Å². The maximum atomic E-state index is 12.3. The zero-order valence-electron chi connectivity index (χ0n) is 14.0. The van der Waals surface area contributed by atoms with Gasteiger partial charge in [-0.3, -0.25) is 10.1 Å². The average Bonchev–Trinajstić information content (AvgIpc) is 2.68. The minimum Gasteiger partial charge on any atom is -0.423 e. The molecule has 8 heteroatoms. The molecule has 0 radical (unpaired) electrons. The minimum atomic E-state index is -0.803. The fourth-order valence-electron chi connectivity index (χ4n) is 2.87. The summed E-state index contributed by atoms with van der Waals surface area (Å²) >= 11 is 5.75. The quantitative estimate of drug-likeness (QED) is 0.124. The SMILES string of the molecule is O=C(Oc1ccc2c(c1)oc(=O)c1ccccc12)c1ccc(Cl)c([N+](=O)[O-])c1. The van der Waals surface area contributed by atoms with E-state index in [1.807, 2.05) is 6.07 Å². The summed E-state index contributed by atoms with van der Waals surface area (Å²) in [6, 6.07) is 15.3. The number of hydrogen-bond donors (Lipinski definition) is 0. The summed E-state index contributed by atoms with van der Waals surface area (Å²) in [4.78, 5) is 34.7. The fourth-order valence-corrected chi connectivity index (χ4v) is 3.06. The number of fused-ring (bicyclic) bond motifs is 3. The maximum Gasteiger partial charge on any atom is 0.344 e. The molecular formula is C20H10ClNO6. The van der Waals surface area contributed by atoms with Crippen LogP contribution in [0.1, 0.15) is 10.4 Å². The largest absolute Gasteiger partial charge is 0.423 e. The van der Waals surface area contributed by atoms with E-state index in [-0.39, 0.29) is 21.9 Å². The number of nitro benzene ring substituents is 1. The van der Waals surface area contributed by atoms with Gasteiger partial charge in [0.25, 0.3) is 5.69 Å². The van der Waals surface area contributed by atoms with Crippen LogP contribution in [0.3, 0.4) is 0 Å². The molecule has 3 aromatic carbocycles. The van der Waals surface area contributed by atoms with Gasteiger partial charge < -0.3 is 9.15 Å². The Bertz CT molecular complexity index is 1330. The molecule has 0 saturated heterocycles. The Kier molecular flexibility index (Phi) is 4.29. The second kappa shape index (κ2) is 6.79. The molecular weight excluding hydrogens is 386 g/mol. The lowest BCUT2D eigenvalue weighted by molar-refractivity contribution is -0.384. The molecule has 0 N–H and O–H groups in total. The number of hydrogen-bond acceptors (Lipinski definition) is 6. The number of esters is 1. The van der Waals surface area contributed by atoms with E-state index in [4.69, 9.17) is 20.8 Å². The molecule has 0 aliphatic rings. The van der Waals surface area contributed by atoms with Gasteiger partial charge in [0.05, 0.1) is 15.9 Å². The molecule has 0 amide bonds. The molecule has 0 saturated carbocycles. The van der Waals surface area contributed by atoms with Crippen molar-refractivity contribution in [2.24, 2.45) is 0 Å². The third-order valence-electron chi connectivity index (χ3n) is 4.18. The van der Waals surface area contributed by atoms with Gasteiger partial charge in [0.1, 0.15) is 16.4 Å². The lowest BCUT2D eigenvalue weighted by Gasteiger charge is -2.07. The van der Waals surface area contributed by atoms with Crippen molar-refractivity contribution < 1.29 is 18.9 Å². The first kappa shape index (κ1) is 17.7. The van der Waals surface area contributed by atoms with Crippen molar-refractivity contribution >= 4 is 45.0 Å². The number of carbonyl (C=O) groups is 1. The predicted octanol–water partition coefficient (Wildman–Crippen LogP) is 4.73. The summed E-state index contributed by atoms with van der Waals surface area (Å²) < 4.78 is 10.6. The fraction of sp³-hybridized carbons (Fsp3) is 0. The molecule has 7 nitrogen and oxygen atoms in total. The van der Waals surface area contributed by atoms with E-state index in [2.05, 4.69) is 0 Å². The normalized spacial score (nSPS) is 10.9. The van der Waals surface area contributed by atoms with Gasteiger partial charge in [-0.15, -0.1) is 0 Å². The lowest BCUT2D eigenvalue weighted by atomic mass is 10.1. The lowest BCUT2D eigenvalue weighted by Crippen LogP contribution is -2.09. The van der Waals surface area contributed by atoms with Crippen LogP contribution in [0.4, 0.5) is 5.69 Å². The van der Waals surface area contributed by atoms with E-state index in [0.717, 1.165) is 11.5 Å². The van der Waals surface area contributed by atoms with Crippen molar-refractivity contribution in [1.82, 2.24) is 0 Å². The number of rotatable bonds is 3. The zero-order valence-corrected chi connectivity index (χ0v) is 14.8. The topological polar surface area (TPSA) is 99.7 Å². The Balaban J connectivity index is 1.71. The molecule has 0 aliphatic heterocycles. The standard InChI is InChI=1S/C20H10ClNO6/c21-16-8-5-11(9-17(16)22(25)26)19(23)27-12-6-7-14-13-3-1-2-4-15(13)20(24)28-18(14)10-12/h1-10H. The van der Waals surface area contributed by atoms with Crippen molar-refractivity contribution in [2.45, 2.75) is 0 Å². The van der Waals surface area contributed by atoms with Crippen LogP contribution in [0.25, 0.3) is 21.7 Å². The summed E-state index contributed by atoms with van der Waals surface area (Å²) in [5, 5.41) is 12.8. The Hall–Kier alpha value is -3.71. The van der Waals surface area contributed by atoms with Crippen LogP contribution in [0.15, 0.2) is 69.9 Å². The first-order chi connectivity index (χ1) is 13.4. The molecule has 0 fully saturated rings. The van der Waals surface area contributed by atoms with Crippen LogP contribution in [0, 0.1) is 10.1 Å². The molecule has 0 bridgehead atoms. The molecule has 0 aliphatic carbocycles. The zero-order chi connectivity index (χ0) is 19.8. The van der Waals surface area contributed by atoms with Crippen LogP contribution in [-0.4, -0.2) is 10.9 Å². The summed E-state index contributed by atoms with van der Waals surface area (Å²) in [6.45, 7) is 0. The van der Waals surface area contributed by atoms with Crippen molar-refractivity contribution in [3.8, 4) is 5.75 Å². The second-order valence-corrected chi connectivity index (χ2v) is 6.31. The maximum absolute atomic E-state index is 12.3. The summed E-state index contributed by atoms with van der Waals surface area (Å²) in [7, 11) is 0. The summed E-state index contributed by atoms with van der Waals surface area (Å²) in [6.07, 6.45) is 0. The molecule has 0 unspecified atom stereocenters. The molecule has 1 aromatic heterocycles. The first-order valence-electron chi connectivity index (χ1n) is 8.06. The van der Waals surface area contributed by atoms with Gasteiger partial charge in [0, 0.05) is 17.5 Å². The molecule has 138 valence electrons. The van der Waals surface area contributed by atoms with Gasteiger partial charge in [0.15, 0.2) is 0 Å². The Morgan fingerprint density at radius 2 is 1.75 bits per heavy atom. The van der Waals surface area contributed by atoms with Crippen LogP contribution in [-0.2, 0) is 0 Å². The van der Waals surface area contributed by atoms with Crippen LogP contribution < -0.4 is 10.4 Å². The monoisotopic (exact) mass is 395 g/mol. The molecule has 4 rings (SSSR count). The highest BCUT2D eigenvalue weighted by Crippen LogP contribution is 2.28. The smallest absolute Gasteiger partial charge is 0.344 e. The highest BCUT2D eigenvalue weighted by Gasteiger charge is 2.18. The summed E-state index contributed by atoms with van der Waals surface area (Å²) in [5.74, 6) is -0.671. The summed E-state index contributed by atoms with van der Waals surface area (Å²) in [5.41, 5.74) is -0.667. The first-order valence-corrected chi connectivity index (χ1v) is 8.43. The van der Waals surface area contributed by atoms with E-state index in [9.17, 15) is 19.7 Å². The molecule has 4 aromatic rings. The van der Waals surface area contributed by atoms with E-state index in [1.165, 1.54) is 18.2 Å². The number of nitrogens with zero attached hydrogens (tertiary/aromatic N) is 1. The highest BCUT2D eigenvalue weighted by atomic mass is 35.5. The Morgan fingerprint density at radius 3 is 2.50 bits per heavy atom. The number of ether oxygens (including phenoxy) is 1. The second-order valence-electron chi connectivity index (χ2n) is 5.91. The van der Waals surface area contributed by atoms with Gasteiger partial charge in [-0.25, -0.2) is 9.59 Å². The van der Waals surface area contributed by atoms with Gasteiger partial charge in [-0.1, -0.05) is 29.8 Å². The van der Waals surface area contributed by atoms with Crippen LogP contribution >= 0.6 is 11.6 Å². The average molecular weight is 396 g/mol. The van der Waals surface area contributed by atoms with Crippen molar-refractivity contribution in [3.63, 3.8) is 0 Å². The number of nitro groups is 1. The predicted molar refractivity (Wildman–Crippen MR) is 103 cm³/mol. The van der Waals surface area contributed by atoms with E-state index >= 15 is 0 Å².